The molecule has 0 aromatic heterocycles. The number of Topliss-reactive ketones (excluding diaryl/α,β-unsaturated/α-hetero) is 1. The molecule has 0 unspecified atom stereocenters. The topological polar surface area (TPSA) is 76.1 Å². The van der Waals surface area contributed by atoms with Gasteiger partial charge in [-0.05, 0) is 34.1 Å². The van der Waals surface area contributed by atoms with Crippen molar-refractivity contribution in [1.82, 2.24) is 4.90 Å². The van der Waals surface area contributed by atoms with Gasteiger partial charge in [0.05, 0.1) is 19.9 Å². The monoisotopic (exact) mass is 423 g/mol. The smallest absolute Gasteiger partial charge is 0.414 e. The van der Waals surface area contributed by atoms with Gasteiger partial charge < -0.3 is 14.6 Å². The van der Waals surface area contributed by atoms with E-state index in [-0.39, 0.29) is 5.78 Å². The lowest BCUT2D eigenvalue weighted by molar-refractivity contribution is -0.117. The number of nitrogens with zero attached hydrogens (tertiary/aromatic N) is 1. The molecule has 1 heterocycles. The van der Waals surface area contributed by atoms with Gasteiger partial charge in [-0.3, -0.25) is 9.69 Å². The second-order valence-electron chi connectivity index (χ2n) is 8.97. The van der Waals surface area contributed by atoms with Crippen LogP contribution in [0.2, 0.25) is 18.1 Å². The summed E-state index contributed by atoms with van der Waals surface area (Å²) in [5.41, 5.74) is -1.00. The summed E-state index contributed by atoms with van der Waals surface area (Å²) < 4.78 is 11.6. The van der Waals surface area contributed by atoms with Gasteiger partial charge in [-0.25, -0.2) is 4.79 Å². The van der Waals surface area contributed by atoms with Gasteiger partial charge >= 0.3 is 6.09 Å². The van der Waals surface area contributed by atoms with Crippen molar-refractivity contribution in [1.29, 1.82) is 0 Å². The number of piperidine rings is 1. The van der Waals surface area contributed by atoms with Crippen LogP contribution < -0.4 is 0 Å². The van der Waals surface area contributed by atoms with Gasteiger partial charge in [0, 0.05) is 24.4 Å². The third-order valence-electron chi connectivity index (χ3n) is 6.61. The molecule has 7 heteroatoms. The number of aliphatic hydroxyl groups is 1. The molecule has 2 atom stereocenters. The summed E-state index contributed by atoms with van der Waals surface area (Å²) in [4.78, 5) is 28.5. The number of hydrogen-bond acceptors (Lipinski definition) is 5. The second kappa shape index (κ2) is 8.36. The molecular weight excluding hydrogens is 386 g/mol. The summed E-state index contributed by atoms with van der Waals surface area (Å²) in [6.45, 7) is 13.9. The summed E-state index contributed by atoms with van der Waals surface area (Å²) in [5, 5.41) is 11.8. The quantitative estimate of drug-likeness (QED) is 0.530. The lowest BCUT2D eigenvalue weighted by Crippen LogP contribution is -2.58. The number of aliphatic hydroxyl groups excluding tert-OH is 1. The zero-order chi connectivity index (χ0) is 22.2. The number of ether oxygens (including phenoxy) is 2. The molecule has 6 nitrogen and oxygen atoms in total. The molecule has 2 rings (SSSR count). The minimum atomic E-state index is -2.20. The highest BCUT2D eigenvalue weighted by atomic mass is 28.3. The summed E-state index contributed by atoms with van der Waals surface area (Å²) >= 11 is 0. The predicted octanol–water partition coefficient (Wildman–Crippen LogP) is 4.20. The van der Waals surface area contributed by atoms with E-state index in [1.54, 1.807) is 17.9 Å². The molecule has 0 saturated carbocycles. The maximum atomic E-state index is 13.7. The van der Waals surface area contributed by atoms with E-state index >= 15 is 0 Å². The van der Waals surface area contributed by atoms with Gasteiger partial charge in [0.2, 0.25) is 0 Å². The van der Waals surface area contributed by atoms with Crippen molar-refractivity contribution >= 4 is 20.0 Å². The summed E-state index contributed by atoms with van der Waals surface area (Å²) in [6.07, 6.45) is 0.662. The number of methoxy groups -OCH3 is 1. The number of fused-ring (bicyclic) bond motifs is 1. The van der Waals surface area contributed by atoms with E-state index in [9.17, 15) is 14.7 Å². The highest BCUT2D eigenvalue weighted by Gasteiger charge is 2.62. The molecule has 1 aliphatic heterocycles. The van der Waals surface area contributed by atoms with Gasteiger partial charge in [0.15, 0.2) is 11.4 Å². The molecule has 164 valence electrons. The molecule has 1 fully saturated rings. The average molecular weight is 424 g/mol. The van der Waals surface area contributed by atoms with E-state index < -0.39 is 31.5 Å². The highest BCUT2D eigenvalue weighted by molar-refractivity contribution is 6.91. The Morgan fingerprint density at radius 3 is 2.24 bits per heavy atom. The number of carbonyl (C=O) groups excluding carboxylic acids is 2. The van der Waals surface area contributed by atoms with Crippen LogP contribution in [0.5, 0.6) is 0 Å². The average Bonchev–Trinajstić information content (AvgIpc) is 2.93. The first kappa shape index (κ1) is 23.8. The van der Waals surface area contributed by atoms with Gasteiger partial charge in [0.1, 0.15) is 5.60 Å². The largest absolute Gasteiger partial charge is 0.443 e. The first-order chi connectivity index (χ1) is 13.5. The number of likely N-dealkylation sites (tertiary alicyclic amines) is 1. The first-order valence-electron chi connectivity index (χ1n) is 10.7. The van der Waals surface area contributed by atoms with Crippen molar-refractivity contribution in [2.24, 2.45) is 0 Å². The Balaban J connectivity index is 2.85. The fraction of sp³-hybridized carbons (Fsp3) is 0.727. The number of carbonyl (C=O) groups is 2. The zero-order valence-electron chi connectivity index (χ0n) is 19.2. The molecule has 2 aliphatic rings. The fourth-order valence-corrected chi connectivity index (χ4v) is 8.92. The lowest BCUT2D eigenvalue weighted by Gasteiger charge is -2.46. The third-order valence-corrected chi connectivity index (χ3v) is 12.2. The first-order valence-corrected chi connectivity index (χ1v) is 13.3. The van der Waals surface area contributed by atoms with Gasteiger partial charge in [0.25, 0.3) is 0 Å². The predicted molar refractivity (Wildman–Crippen MR) is 116 cm³/mol. The van der Waals surface area contributed by atoms with Crippen molar-refractivity contribution < 1.29 is 24.2 Å². The SMILES string of the molecule is C/C=C1/C(=O)C([Si](CC)(CC)CC)=C2N(C(=O)OC(C)(C)C)CC[C@@H](O)[C@]21OC. The number of rotatable bonds is 5. The molecule has 0 bridgehead atoms. The van der Waals surface area contributed by atoms with Crippen LogP contribution in [-0.2, 0) is 14.3 Å². The molecule has 0 aromatic carbocycles. The Bertz CT molecular complexity index is 724. The zero-order valence-corrected chi connectivity index (χ0v) is 20.2. The van der Waals surface area contributed by atoms with E-state index in [1.165, 1.54) is 7.11 Å². The molecule has 1 N–H and O–H groups in total. The molecule has 1 amide bonds. The summed E-state index contributed by atoms with van der Waals surface area (Å²) in [6, 6.07) is 2.67. The molecule has 0 spiro atoms. The molecule has 0 radical (unpaired) electrons. The number of amides is 1. The molecule has 29 heavy (non-hydrogen) atoms. The van der Waals surface area contributed by atoms with Gasteiger partial charge in [-0.2, -0.15) is 0 Å². The molecular formula is C22H37NO5Si. The Labute approximate surface area is 175 Å². The maximum absolute atomic E-state index is 13.7. The van der Waals surface area contributed by atoms with Crippen LogP contribution in [0.4, 0.5) is 4.79 Å². The van der Waals surface area contributed by atoms with Gasteiger partial charge in [-0.15, -0.1) is 0 Å². The normalized spacial score (nSPS) is 26.9. The van der Waals surface area contributed by atoms with Crippen LogP contribution in [0.3, 0.4) is 0 Å². The molecule has 1 aliphatic carbocycles. The van der Waals surface area contributed by atoms with Crippen LogP contribution >= 0.6 is 0 Å². The minimum absolute atomic E-state index is 0.0731. The highest BCUT2D eigenvalue weighted by Crippen LogP contribution is 2.52. The van der Waals surface area contributed by atoms with Crippen molar-refractivity contribution in [2.45, 2.75) is 90.3 Å². The minimum Gasteiger partial charge on any atom is -0.443 e. The Hall–Kier alpha value is -1.44. The van der Waals surface area contributed by atoms with Crippen LogP contribution in [0.25, 0.3) is 0 Å². The Morgan fingerprint density at radius 2 is 1.83 bits per heavy atom. The van der Waals surface area contributed by atoms with E-state index in [0.29, 0.717) is 24.2 Å². The van der Waals surface area contributed by atoms with Crippen molar-refractivity contribution in [3.05, 3.63) is 22.5 Å². The van der Waals surface area contributed by atoms with Crippen LogP contribution in [-0.4, -0.2) is 60.9 Å². The van der Waals surface area contributed by atoms with E-state index in [4.69, 9.17) is 9.47 Å². The van der Waals surface area contributed by atoms with Gasteiger partial charge in [-0.1, -0.05) is 45.0 Å². The van der Waals surface area contributed by atoms with Crippen molar-refractivity contribution in [2.75, 3.05) is 13.7 Å². The Kier molecular flexibility index (Phi) is 6.87. The molecule has 1 saturated heterocycles. The fourth-order valence-electron chi connectivity index (χ4n) is 4.92. The van der Waals surface area contributed by atoms with Crippen LogP contribution in [0, 0.1) is 0 Å². The van der Waals surface area contributed by atoms with Crippen molar-refractivity contribution in [3.8, 4) is 0 Å². The van der Waals surface area contributed by atoms with E-state index in [1.807, 2.05) is 20.8 Å². The maximum Gasteiger partial charge on any atom is 0.414 e. The van der Waals surface area contributed by atoms with Crippen molar-refractivity contribution in [3.63, 3.8) is 0 Å². The van der Waals surface area contributed by atoms with Crippen LogP contribution in [0.1, 0.15) is 54.9 Å². The summed E-state index contributed by atoms with van der Waals surface area (Å²) in [5.74, 6) is -0.0731. The number of ketones is 1. The lowest BCUT2D eigenvalue weighted by atomic mass is 9.82. The molecule has 0 aromatic rings. The number of hydrogen-bond donors (Lipinski definition) is 1. The third kappa shape index (κ3) is 3.62. The van der Waals surface area contributed by atoms with E-state index in [2.05, 4.69) is 20.8 Å². The number of allylic oxidation sites excluding steroid dienone is 2. The second-order valence-corrected chi connectivity index (χ2v) is 14.2. The standard InChI is InChI=1S/C22H37NO5Si/c1-9-15-17(25)18(29(10-2,11-3)12-4)19-22(15,27-8)16(24)13-14-23(19)20(26)28-21(5,6)7/h9,16,24H,10-14H2,1-8H3/b15-9-/t16-,22+/m1/s1. The Morgan fingerprint density at radius 1 is 1.28 bits per heavy atom. The van der Waals surface area contributed by atoms with Crippen LogP contribution in [0.15, 0.2) is 22.5 Å². The summed E-state index contributed by atoms with van der Waals surface area (Å²) in [7, 11) is -0.696. The van der Waals surface area contributed by atoms with E-state index in [0.717, 1.165) is 23.3 Å².